The van der Waals surface area contributed by atoms with Crippen molar-refractivity contribution in [2.45, 2.75) is 26.2 Å². The Hall–Kier alpha value is -1.36. The summed E-state index contributed by atoms with van der Waals surface area (Å²) in [5.41, 5.74) is 6.27. The number of aliphatic hydroxyl groups is 1. The molecule has 0 amide bonds. The van der Waals surface area contributed by atoms with E-state index in [-0.39, 0.29) is 6.61 Å². The molecule has 4 N–H and O–H groups in total. The topological polar surface area (TPSA) is 84.1 Å². The Morgan fingerprint density at radius 3 is 2.94 bits per heavy atom. The molecule has 1 aromatic heterocycles. The van der Waals surface area contributed by atoms with Crippen LogP contribution in [0.25, 0.3) is 0 Å². The number of nitrogens with zero attached hydrogens (tertiary/aromatic N) is 2. The van der Waals surface area contributed by atoms with Crippen LogP contribution in [0.3, 0.4) is 0 Å². The van der Waals surface area contributed by atoms with Crippen LogP contribution < -0.4 is 11.1 Å². The van der Waals surface area contributed by atoms with Gasteiger partial charge in [-0.1, -0.05) is 13.3 Å². The molecule has 16 heavy (non-hydrogen) atoms. The third-order valence-corrected chi connectivity index (χ3v) is 2.53. The first-order chi connectivity index (χ1) is 7.77. The van der Waals surface area contributed by atoms with Crippen LogP contribution in [0.1, 0.15) is 26.2 Å². The molecule has 0 aliphatic rings. The van der Waals surface area contributed by atoms with Gasteiger partial charge in [0.1, 0.15) is 6.33 Å². The molecule has 0 saturated heterocycles. The summed E-state index contributed by atoms with van der Waals surface area (Å²) in [6.45, 7) is 3.16. The van der Waals surface area contributed by atoms with E-state index in [1.807, 2.05) is 0 Å². The predicted molar refractivity (Wildman–Crippen MR) is 65.0 cm³/mol. The molecule has 0 aliphatic carbocycles. The zero-order chi connectivity index (χ0) is 11.8. The largest absolute Gasteiger partial charge is 0.396 e. The van der Waals surface area contributed by atoms with Gasteiger partial charge in [-0.3, -0.25) is 0 Å². The number of nitrogens with two attached hydrogens (primary N) is 1. The fourth-order valence-corrected chi connectivity index (χ4v) is 1.67. The lowest BCUT2D eigenvalue weighted by molar-refractivity contribution is 0.255. The lowest BCUT2D eigenvalue weighted by Crippen LogP contribution is -2.17. The third-order valence-electron chi connectivity index (χ3n) is 2.53. The predicted octanol–water partition coefficient (Wildman–Crippen LogP) is 1.27. The van der Waals surface area contributed by atoms with E-state index < -0.39 is 0 Å². The highest BCUT2D eigenvalue weighted by Crippen LogP contribution is 2.15. The molecule has 1 atom stereocenters. The van der Waals surface area contributed by atoms with E-state index in [0.717, 1.165) is 25.8 Å². The number of nitrogen functional groups attached to an aromatic ring is 1. The van der Waals surface area contributed by atoms with Crippen molar-refractivity contribution in [3.63, 3.8) is 0 Å². The van der Waals surface area contributed by atoms with Crippen LogP contribution >= 0.6 is 0 Å². The Bertz CT molecular complexity index is 300. The highest BCUT2D eigenvalue weighted by atomic mass is 16.3. The van der Waals surface area contributed by atoms with Crippen LogP contribution in [0.5, 0.6) is 0 Å². The second-order valence-corrected chi connectivity index (χ2v) is 3.87. The van der Waals surface area contributed by atoms with E-state index in [1.54, 1.807) is 6.20 Å². The van der Waals surface area contributed by atoms with E-state index in [2.05, 4.69) is 22.2 Å². The van der Waals surface area contributed by atoms with Crippen molar-refractivity contribution >= 4 is 11.5 Å². The van der Waals surface area contributed by atoms with Crippen molar-refractivity contribution in [1.82, 2.24) is 9.97 Å². The number of hydrogen-bond acceptors (Lipinski definition) is 5. The van der Waals surface area contributed by atoms with E-state index in [1.165, 1.54) is 6.33 Å². The number of rotatable bonds is 7. The maximum Gasteiger partial charge on any atom is 0.152 e. The molecule has 0 aliphatic heterocycles. The van der Waals surface area contributed by atoms with Crippen molar-refractivity contribution in [2.24, 2.45) is 5.92 Å². The van der Waals surface area contributed by atoms with Crippen molar-refractivity contribution in [3.05, 3.63) is 12.5 Å². The number of nitrogens with one attached hydrogen (secondary N) is 1. The van der Waals surface area contributed by atoms with Gasteiger partial charge in [0, 0.05) is 13.2 Å². The van der Waals surface area contributed by atoms with Crippen molar-refractivity contribution in [3.8, 4) is 0 Å². The first-order valence-electron chi connectivity index (χ1n) is 5.68. The fourth-order valence-electron chi connectivity index (χ4n) is 1.67. The SMILES string of the molecule is CCCC(CCO)CNc1ncncc1N. The summed E-state index contributed by atoms with van der Waals surface area (Å²) >= 11 is 0. The van der Waals surface area contributed by atoms with Crippen LogP contribution in [-0.2, 0) is 0 Å². The van der Waals surface area contributed by atoms with Crippen LogP contribution in [-0.4, -0.2) is 28.2 Å². The van der Waals surface area contributed by atoms with Gasteiger partial charge in [-0.2, -0.15) is 0 Å². The minimum atomic E-state index is 0.228. The zero-order valence-corrected chi connectivity index (χ0v) is 9.69. The summed E-state index contributed by atoms with van der Waals surface area (Å²) in [6, 6.07) is 0. The summed E-state index contributed by atoms with van der Waals surface area (Å²) in [5, 5.41) is 12.1. The lowest BCUT2D eigenvalue weighted by atomic mass is 10.0. The van der Waals surface area contributed by atoms with Gasteiger partial charge >= 0.3 is 0 Å². The zero-order valence-electron chi connectivity index (χ0n) is 9.69. The molecular weight excluding hydrogens is 204 g/mol. The first-order valence-corrected chi connectivity index (χ1v) is 5.68. The van der Waals surface area contributed by atoms with Gasteiger partial charge in [-0.05, 0) is 18.8 Å². The van der Waals surface area contributed by atoms with Gasteiger partial charge in [-0.25, -0.2) is 9.97 Å². The number of anilines is 2. The summed E-state index contributed by atoms with van der Waals surface area (Å²) in [4.78, 5) is 7.89. The summed E-state index contributed by atoms with van der Waals surface area (Å²) < 4.78 is 0. The Balaban J connectivity index is 2.45. The minimum Gasteiger partial charge on any atom is -0.396 e. The monoisotopic (exact) mass is 224 g/mol. The minimum absolute atomic E-state index is 0.228. The summed E-state index contributed by atoms with van der Waals surface area (Å²) in [7, 11) is 0. The van der Waals surface area contributed by atoms with Crippen LogP contribution in [0.2, 0.25) is 0 Å². The third kappa shape index (κ3) is 4.02. The smallest absolute Gasteiger partial charge is 0.152 e. The van der Waals surface area contributed by atoms with E-state index in [4.69, 9.17) is 10.8 Å². The molecule has 1 unspecified atom stereocenters. The molecule has 1 aromatic rings. The van der Waals surface area contributed by atoms with Gasteiger partial charge in [0.2, 0.25) is 0 Å². The molecule has 5 nitrogen and oxygen atoms in total. The van der Waals surface area contributed by atoms with E-state index >= 15 is 0 Å². The summed E-state index contributed by atoms with van der Waals surface area (Å²) in [5.74, 6) is 1.14. The van der Waals surface area contributed by atoms with Crippen molar-refractivity contribution < 1.29 is 5.11 Å². The normalized spacial score (nSPS) is 12.4. The second-order valence-electron chi connectivity index (χ2n) is 3.87. The van der Waals surface area contributed by atoms with Gasteiger partial charge in [-0.15, -0.1) is 0 Å². The van der Waals surface area contributed by atoms with Gasteiger partial charge < -0.3 is 16.2 Å². The molecule has 0 aromatic carbocycles. The van der Waals surface area contributed by atoms with E-state index in [9.17, 15) is 0 Å². The Labute approximate surface area is 96.1 Å². The molecule has 0 radical (unpaired) electrons. The second kappa shape index (κ2) is 7.00. The van der Waals surface area contributed by atoms with Gasteiger partial charge in [0.25, 0.3) is 0 Å². The molecule has 0 saturated carbocycles. The molecule has 0 fully saturated rings. The number of hydrogen-bond donors (Lipinski definition) is 3. The average molecular weight is 224 g/mol. The van der Waals surface area contributed by atoms with Gasteiger partial charge in [0.05, 0.1) is 11.9 Å². The quantitative estimate of drug-likeness (QED) is 0.649. The maximum absolute atomic E-state index is 8.94. The lowest BCUT2D eigenvalue weighted by Gasteiger charge is -2.16. The average Bonchev–Trinajstić information content (AvgIpc) is 2.28. The van der Waals surface area contributed by atoms with Crippen LogP contribution in [0.15, 0.2) is 12.5 Å². The molecule has 0 spiro atoms. The van der Waals surface area contributed by atoms with Crippen LogP contribution in [0, 0.1) is 5.92 Å². The highest BCUT2D eigenvalue weighted by Gasteiger charge is 2.08. The molecule has 90 valence electrons. The number of aromatic nitrogens is 2. The van der Waals surface area contributed by atoms with Gasteiger partial charge in [0.15, 0.2) is 5.82 Å². The Morgan fingerprint density at radius 2 is 2.31 bits per heavy atom. The molecule has 5 heteroatoms. The Kier molecular flexibility index (Phi) is 5.56. The molecular formula is C11H20N4O. The maximum atomic E-state index is 8.94. The van der Waals surface area contributed by atoms with E-state index in [0.29, 0.717) is 17.4 Å². The molecule has 1 rings (SSSR count). The fraction of sp³-hybridized carbons (Fsp3) is 0.636. The Morgan fingerprint density at radius 1 is 1.50 bits per heavy atom. The molecule has 0 bridgehead atoms. The van der Waals surface area contributed by atoms with Crippen molar-refractivity contribution in [1.29, 1.82) is 0 Å². The summed E-state index contributed by atoms with van der Waals surface area (Å²) in [6.07, 6.45) is 6.08. The van der Waals surface area contributed by atoms with Crippen LogP contribution in [0.4, 0.5) is 11.5 Å². The first kappa shape index (κ1) is 12.7. The standard InChI is InChI=1S/C11H20N4O/c1-2-3-9(4-5-16)6-14-11-10(12)7-13-8-15-11/h7-9,16H,2-6,12H2,1H3,(H,13,14,15). The van der Waals surface area contributed by atoms with Crippen molar-refractivity contribution in [2.75, 3.05) is 24.2 Å². The highest BCUT2D eigenvalue weighted by molar-refractivity contribution is 5.58. The number of aliphatic hydroxyl groups excluding tert-OH is 1. The molecule has 1 heterocycles.